The molecule has 0 unspecified atom stereocenters. The van der Waals surface area contributed by atoms with Crippen LogP contribution in [0.3, 0.4) is 0 Å². The van der Waals surface area contributed by atoms with Crippen LogP contribution in [-0.2, 0) is 0 Å². The van der Waals surface area contributed by atoms with Crippen LogP contribution in [0.5, 0.6) is 0 Å². The van der Waals surface area contributed by atoms with E-state index in [1.165, 1.54) is 11.0 Å². The maximum absolute atomic E-state index is 3.84. The van der Waals surface area contributed by atoms with Crippen molar-refractivity contribution in [2.24, 2.45) is 4.40 Å². The van der Waals surface area contributed by atoms with Crippen LogP contribution in [0, 0.1) is 0 Å². The highest BCUT2D eigenvalue weighted by atomic mass is 127. The molecule has 1 rings (SSSR count). The van der Waals surface area contributed by atoms with Crippen LogP contribution in [-0.4, -0.2) is 6.21 Å². The number of hydrogen-bond donors (Lipinski definition) is 0. The van der Waals surface area contributed by atoms with Crippen LogP contribution >= 0.6 is 45.8 Å². The van der Waals surface area contributed by atoms with Gasteiger partial charge in [-0.3, -0.25) is 0 Å². The number of nitrogens with zero attached hydrogens (tertiary/aromatic N) is 1. The van der Waals surface area contributed by atoms with Crippen molar-refractivity contribution in [3.05, 3.63) is 11.5 Å². The van der Waals surface area contributed by atoms with Gasteiger partial charge in [-0.25, -0.2) is 4.40 Å². The van der Waals surface area contributed by atoms with E-state index >= 15 is 0 Å². The van der Waals surface area contributed by atoms with Crippen LogP contribution in [0.1, 0.15) is 0 Å². The molecule has 0 aromatic heterocycles. The summed E-state index contributed by atoms with van der Waals surface area (Å²) in [6.45, 7) is 0. The summed E-state index contributed by atoms with van der Waals surface area (Å²) in [4.78, 5) is 0. The van der Waals surface area contributed by atoms with E-state index in [1.807, 2.05) is 11.5 Å². The van der Waals surface area contributed by atoms with Crippen molar-refractivity contribution in [1.29, 1.82) is 0 Å². The first-order chi connectivity index (χ1) is 3.00. The van der Waals surface area contributed by atoms with Crippen LogP contribution < -0.4 is 0 Å². The fourth-order valence-electron chi connectivity index (χ4n) is 0.177. The van der Waals surface area contributed by atoms with E-state index in [-0.39, 0.29) is 24.0 Å². The molecule has 7 heavy (non-hydrogen) atoms. The van der Waals surface area contributed by atoms with Gasteiger partial charge < -0.3 is 0 Å². The Balaban J connectivity index is 0.000000360. The molecule has 0 aromatic rings. The molecule has 0 amide bonds. The van der Waals surface area contributed by atoms with Crippen molar-refractivity contribution >= 4 is 52.0 Å². The lowest BCUT2D eigenvalue weighted by Gasteiger charge is -1.86. The third kappa shape index (κ3) is 3.42. The van der Waals surface area contributed by atoms with Gasteiger partial charge in [0.25, 0.3) is 0 Å². The van der Waals surface area contributed by atoms with Gasteiger partial charge in [-0.1, -0.05) is 0 Å². The van der Waals surface area contributed by atoms with Gasteiger partial charge in [0.2, 0.25) is 0 Å². The summed E-state index contributed by atoms with van der Waals surface area (Å²) < 4.78 is 3.84. The molecular formula is C3H4INS2. The molecular weight excluding hydrogens is 241 g/mol. The van der Waals surface area contributed by atoms with Gasteiger partial charge in [0.1, 0.15) is 0 Å². The highest BCUT2D eigenvalue weighted by Gasteiger charge is 1.79. The molecule has 1 nitrogen and oxygen atoms in total. The van der Waals surface area contributed by atoms with Gasteiger partial charge in [0.15, 0.2) is 0 Å². The van der Waals surface area contributed by atoms with Crippen LogP contribution in [0.2, 0.25) is 0 Å². The average Bonchev–Trinajstić information content (AvgIpc) is 1.72. The molecule has 0 aliphatic carbocycles. The lowest BCUT2D eigenvalue weighted by Crippen LogP contribution is -1.60. The molecule has 0 bridgehead atoms. The minimum absolute atomic E-state index is 0. The molecule has 1 aliphatic rings. The SMILES string of the molecule is C1=CSSN=C1.I. The molecule has 0 aromatic carbocycles. The van der Waals surface area contributed by atoms with E-state index in [2.05, 4.69) is 4.40 Å². The quantitative estimate of drug-likeness (QED) is 0.369. The van der Waals surface area contributed by atoms with E-state index in [4.69, 9.17) is 0 Å². The number of rotatable bonds is 0. The van der Waals surface area contributed by atoms with Crippen molar-refractivity contribution in [2.75, 3.05) is 0 Å². The van der Waals surface area contributed by atoms with Crippen LogP contribution in [0.25, 0.3) is 0 Å². The second-order valence-electron chi connectivity index (χ2n) is 0.754. The van der Waals surface area contributed by atoms with Crippen molar-refractivity contribution in [2.45, 2.75) is 0 Å². The fraction of sp³-hybridized carbons (Fsp3) is 0. The van der Waals surface area contributed by atoms with E-state index in [9.17, 15) is 0 Å². The molecule has 1 heterocycles. The summed E-state index contributed by atoms with van der Waals surface area (Å²) in [7, 11) is 3.13. The summed E-state index contributed by atoms with van der Waals surface area (Å²) in [6, 6.07) is 0. The second kappa shape index (κ2) is 4.99. The van der Waals surface area contributed by atoms with E-state index < -0.39 is 0 Å². The number of hydrogen-bond acceptors (Lipinski definition) is 3. The van der Waals surface area contributed by atoms with Crippen molar-refractivity contribution in [3.63, 3.8) is 0 Å². The van der Waals surface area contributed by atoms with E-state index in [0.29, 0.717) is 0 Å². The van der Waals surface area contributed by atoms with Gasteiger partial charge in [0.05, 0.1) is 0 Å². The normalized spacial score (nSPS) is 16.0. The fourth-order valence-corrected chi connectivity index (χ4v) is 1.17. The molecule has 0 atom stereocenters. The van der Waals surface area contributed by atoms with Crippen molar-refractivity contribution < 1.29 is 0 Å². The average molecular weight is 245 g/mol. The third-order valence-corrected chi connectivity index (χ3v) is 1.78. The lowest BCUT2D eigenvalue weighted by molar-refractivity contribution is 2.00. The van der Waals surface area contributed by atoms with E-state index in [1.54, 1.807) is 17.0 Å². The summed E-state index contributed by atoms with van der Waals surface area (Å²) in [5.74, 6) is 0. The first-order valence-corrected chi connectivity index (χ1v) is 3.68. The molecule has 1 aliphatic heterocycles. The Morgan fingerprint density at radius 3 is 2.43 bits per heavy atom. The largest absolute Gasteiger partial charge is 0.213 e. The zero-order chi connectivity index (χ0) is 4.24. The Labute approximate surface area is 67.6 Å². The Morgan fingerprint density at radius 2 is 2.29 bits per heavy atom. The number of allylic oxidation sites excluding steroid dienone is 1. The third-order valence-electron chi connectivity index (χ3n) is 0.367. The number of halogens is 1. The minimum Gasteiger partial charge on any atom is -0.213 e. The lowest BCUT2D eigenvalue weighted by atomic mass is 10.7. The van der Waals surface area contributed by atoms with Crippen LogP contribution in [0.15, 0.2) is 15.9 Å². The van der Waals surface area contributed by atoms with Crippen molar-refractivity contribution in [1.82, 2.24) is 0 Å². The standard InChI is InChI=1S/C3H3NS2.HI/c1-2-4-6-5-3-1;/h1-3H;1H. The molecule has 4 heteroatoms. The summed E-state index contributed by atoms with van der Waals surface area (Å²) >= 11 is 0. The van der Waals surface area contributed by atoms with Gasteiger partial charge in [0, 0.05) is 17.2 Å². The maximum Gasteiger partial charge on any atom is 0.0480 e. The highest BCUT2D eigenvalue weighted by molar-refractivity contribution is 14.0. The Morgan fingerprint density at radius 1 is 1.43 bits per heavy atom. The first kappa shape index (κ1) is 7.84. The Hall–Kier alpha value is 0.840. The predicted octanol–water partition coefficient (Wildman–Crippen LogP) is 2.50. The highest BCUT2D eigenvalue weighted by Crippen LogP contribution is 2.24. The monoisotopic (exact) mass is 245 g/mol. The molecule has 0 N–H and O–H groups in total. The molecule has 0 saturated carbocycles. The van der Waals surface area contributed by atoms with Gasteiger partial charge in [-0.15, -0.1) is 24.0 Å². The topological polar surface area (TPSA) is 12.4 Å². The molecule has 0 saturated heterocycles. The van der Waals surface area contributed by atoms with Crippen LogP contribution in [0.4, 0.5) is 0 Å². The molecule has 0 spiro atoms. The van der Waals surface area contributed by atoms with Gasteiger partial charge in [-0.05, 0) is 22.3 Å². The molecule has 0 fully saturated rings. The van der Waals surface area contributed by atoms with Gasteiger partial charge >= 0.3 is 0 Å². The zero-order valence-electron chi connectivity index (χ0n) is 3.40. The van der Waals surface area contributed by atoms with Crippen molar-refractivity contribution in [3.8, 4) is 0 Å². The first-order valence-electron chi connectivity index (χ1n) is 1.51. The smallest absolute Gasteiger partial charge is 0.0480 e. The second-order valence-corrected chi connectivity index (χ2v) is 2.60. The molecule has 40 valence electrons. The Bertz CT molecular complexity index is 78.9. The van der Waals surface area contributed by atoms with E-state index in [0.717, 1.165) is 0 Å². The maximum atomic E-state index is 3.84. The summed E-state index contributed by atoms with van der Waals surface area (Å²) in [5.41, 5.74) is 0. The Kier molecular flexibility index (Phi) is 5.58. The summed E-state index contributed by atoms with van der Waals surface area (Å²) in [6.07, 6.45) is 3.70. The molecule has 0 radical (unpaired) electrons. The summed E-state index contributed by atoms with van der Waals surface area (Å²) in [5, 5.41) is 2.00. The predicted molar refractivity (Wildman–Crippen MR) is 48.2 cm³/mol. The van der Waals surface area contributed by atoms with Gasteiger partial charge in [-0.2, -0.15) is 0 Å². The zero-order valence-corrected chi connectivity index (χ0v) is 7.37. The minimum atomic E-state index is 0.